The zero-order valence-corrected chi connectivity index (χ0v) is 29.8. The summed E-state index contributed by atoms with van der Waals surface area (Å²) in [4.78, 5) is 11.8. The van der Waals surface area contributed by atoms with Gasteiger partial charge in [-0.05, 0) is 33.6 Å². The Bertz CT molecular complexity index is 2200. The van der Waals surface area contributed by atoms with Crippen molar-refractivity contribution in [3.8, 4) is 34.3 Å². The average Bonchev–Trinajstić information content (AvgIpc) is 3.86. The van der Waals surface area contributed by atoms with E-state index in [9.17, 15) is 66.3 Å². The predicted octanol–water partition coefficient (Wildman–Crippen LogP) is 8.59. The van der Waals surface area contributed by atoms with Gasteiger partial charge < -0.3 is 14.2 Å². The van der Waals surface area contributed by atoms with Crippen LogP contribution in [0.3, 0.4) is 0 Å². The van der Waals surface area contributed by atoms with E-state index in [4.69, 9.17) is 11.6 Å². The van der Waals surface area contributed by atoms with Gasteiger partial charge in [0.1, 0.15) is 0 Å². The third-order valence-corrected chi connectivity index (χ3v) is 7.68. The van der Waals surface area contributed by atoms with Crippen LogP contribution < -0.4 is 9.47 Å². The van der Waals surface area contributed by atoms with E-state index in [1.54, 1.807) is 0 Å². The summed E-state index contributed by atoms with van der Waals surface area (Å²) >= 11 is 8.92. The van der Waals surface area contributed by atoms with E-state index in [-0.39, 0.29) is 16.1 Å². The van der Waals surface area contributed by atoms with Crippen LogP contribution in [0.25, 0.3) is 22.8 Å². The fourth-order valence-corrected chi connectivity index (χ4v) is 5.03. The second-order valence-corrected chi connectivity index (χ2v) is 11.9. The largest absolute Gasteiger partial charge is 0.465 e. The summed E-state index contributed by atoms with van der Waals surface area (Å²) in [6.07, 6.45) is -7.59. The number of hydrogen-bond acceptors (Lipinski definition) is 8. The van der Waals surface area contributed by atoms with Gasteiger partial charge in [-0.15, -0.1) is 0 Å². The maximum Gasteiger partial charge on any atom is 0.459 e. The number of halogens is 16. The van der Waals surface area contributed by atoms with Crippen molar-refractivity contribution in [1.82, 2.24) is 39.1 Å². The highest BCUT2D eigenvalue weighted by Crippen LogP contribution is 2.49. The molecule has 0 amide bonds. The van der Waals surface area contributed by atoms with Gasteiger partial charge in [0.25, 0.3) is 0 Å². The lowest BCUT2D eigenvalue weighted by molar-refractivity contribution is -0.291. The van der Waals surface area contributed by atoms with E-state index < -0.39 is 77.9 Å². The van der Waals surface area contributed by atoms with Crippen molar-refractivity contribution in [2.45, 2.75) is 37.4 Å². The molecule has 306 valence electrons. The topological polar surface area (TPSA) is 116 Å². The molecule has 0 aliphatic heterocycles. The highest BCUT2D eigenvalue weighted by atomic mass is 79.9. The second kappa shape index (κ2) is 15.8. The van der Waals surface area contributed by atoms with Crippen LogP contribution >= 0.6 is 27.5 Å². The molecule has 4 heterocycles. The first-order chi connectivity index (χ1) is 25.7. The number of aryl methyl sites for hydroxylation is 2. The average molecular weight is 912 g/mol. The SMILES string of the molecule is COC(=O)c1cc(-c2cnn(-c3c(OC(F)F)c(C(F)(F)C(F)(F)F)nn3C)c2)ccc1Cl.Cn1nc(C(F)(F)C(F)(F)F)c(OC(F)F)c1-n1cc(Br)cn1. The summed E-state index contributed by atoms with van der Waals surface area (Å²) in [6, 6.07) is 4.13. The van der Waals surface area contributed by atoms with E-state index in [1.165, 1.54) is 24.4 Å². The molecule has 0 aliphatic carbocycles. The maximum absolute atomic E-state index is 13.9. The van der Waals surface area contributed by atoms with Crippen molar-refractivity contribution < 1.29 is 80.5 Å². The van der Waals surface area contributed by atoms with Crippen LogP contribution in [0.1, 0.15) is 21.7 Å². The molecule has 0 aliphatic rings. The van der Waals surface area contributed by atoms with Gasteiger partial charge in [0, 0.05) is 32.1 Å². The molecule has 0 radical (unpaired) electrons. The number of nitrogens with zero attached hydrogens (tertiary/aromatic N) is 8. The minimum Gasteiger partial charge on any atom is -0.465 e. The summed E-state index contributed by atoms with van der Waals surface area (Å²) in [7, 11) is 3.06. The monoisotopic (exact) mass is 910 g/mol. The molecule has 0 unspecified atom stereocenters. The molecule has 0 saturated carbocycles. The van der Waals surface area contributed by atoms with Crippen LogP contribution in [0, 0.1) is 0 Å². The molecule has 4 aromatic heterocycles. The van der Waals surface area contributed by atoms with Gasteiger partial charge in [0.05, 0.1) is 34.6 Å². The summed E-state index contributed by atoms with van der Waals surface area (Å²) in [5.41, 5.74) is -3.49. The normalized spacial score (nSPS) is 12.6. The van der Waals surface area contributed by atoms with Gasteiger partial charge in [-0.25, -0.2) is 23.5 Å². The molecule has 1 aromatic carbocycles. The number of rotatable bonds is 10. The minimum atomic E-state index is -6.12. The molecule has 56 heavy (non-hydrogen) atoms. The van der Waals surface area contributed by atoms with Crippen LogP contribution in [0.5, 0.6) is 11.5 Å². The van der Waals surface area contributed by atoms with Crippen molar-refractivity contribution in [2.24, 2.45) is 14.1 Å². The quantitative estimate of drug-likeness (QED) is 0.101. The van der Waals surface area contributed by atoms with E-state index in [1.807, 2.05) is 0 Å². The van der Waals surface area contributed by atoms with Crippen molar-refractivity contribution in [3.63, 3.8) is 0 Å². The maximum atomic E-state index is 13.9. The summed E-state index contributed by atoms with van der Waals surface area (Å²) < 4.78 is 197. The van der Waals surface area contributed by atoms with Crippen molar-refractivity contribution in [1.29, 1.82) is 0 Å². The Labute approximate surface area is 315 Å². The van der Waals surface area contributed by atoms with Crippen LogP contribution in [-0.4, -0.2) is 77.8 Å². The number of ether oxygens (including phenoxy) is 3. The molecule has 28 heteroatoms. The first-order valence-electron chi connectivity index (χ1n) is 14.3. The minimum absolute atomic E-state index is 0.0150. The summed E-state index contributed by atoms with van der Waals surface area (Å²) in [6.45, 7) is -7.37. The van der Waals surface area contributed by atoms with Crippen LogP contribution in [0.15, 0.2) is 47.5 Å². The Morgan fingerprint density at radius 1 is 0.732 bits per heavy atom. The summed E-state index contributed by atoms with van der Waals surface area (Å²) in [5.74, 6) is -16.1. The van der Waals surface area contributed by atoms with Gasteiger partial charge >= 0.3 is 43.4 Å². The van der Waals surface area contributed by atoms with Gasteiger partial charge in [0.15, 0.2) is 34.5 Å². The zero-order chi connectivity index (χ0) is 42.3. The Kier molecular flexibility index (Phi) is 12.3. The molecule has 0 spiro atoms. The van der Waals surface area contributed by atoms with Crippen LogP contribution in [0.4, 0.5) is 61.5 Å². The lowest BCUT2D eigenvalue weighted by Gasteiger charge is -2.18. The molecule has 0 saturated heterocycles. The van der Waals surface area contributed by atoms with Crippen LogP contribution in [0.2, 0.25) is 5.02 Å². The van der Waals surface area contributed by atoms with Gasteiger partial charge in [-0.2, -0.15) is 81.9 Å². The molecule has 12 nitrogen and oxygen atoms in total. The molecular formula is C28H18BrClF14N8O4. The molecule has 0 bridgehead atoms. The van der Waals surface area contributed by atoms with E-state index >= 15 is 0 Å². The number of carbonyl (C=O) groups is 1. The third kappa shape index (κ3) is 8.66. The number of hydrogen-bond donors (Lipinski definition) is 0. The van der Waals surface area contributed by atoms with Crippen molar-refractivity contribution in [2.75, 3.05) is 7.11 Å². The van der Waals surface area contributed by atoms with Gasteiger partial charge in [-0.3, -0.25) is 0 Å². The molecular weight excluding hydrogens is 894 g/mol. The van der Waals surface area contributed by atoms with Crippen molar-refractivity contribution >= 4 is 33.5 Å². The van der Waals surface area contributed by atoms with Crippen LogP contribution in [-0.2, 0) is 30.7 Å². The standard InChI is InChI=1S/C18H12ClF7N4O3.C10H6BrF7N4O/c1-29-14(12(33-16(20)21)13(28-29)17(22,23)18(24,25)26)30-7-9(6-27-30)8-3-4-11(19)10(5-8)15(31)32-2;1-21-7(22-3-4(11)2-19-22)5(23-8(12)13)6(20-21)9(14,15)10(16,17)18/h3-7,16H,1-2H3;2-3,8H,1H3. The molecule has 5 aromatic rings. The second-order valence-electron chi connectivity index (χ2n) is 10.6. The smallest absolute Gasteiger partial charge is 0.459 e. The van der Waals surface area contributed by atoms with Gasteiger partial charge in [0.2, 0.25) is 0 Å². The highest BCUT2D eigenvalue weighted by molar-refractivity contribution is 9.10. The predicted molar refractivity (Wildman–Crippen MR) is 163 cm³/mol. The number of esters is 1. The van der Waals surface area contributed by atoms with E-state index in [0.717, 1.165) is 49.2 Å². The molecule has 5 rings (SSSR count). The summed E-state index contributed by atoms with van der Waals surface area (Å²) in [5, 5.41) is 13.6. The Morgan fingerprint density at radius 2 is 1.18 bits per heavy atom. The fourth-order valence-electron chi connectivity index (χ4n) is 4.55. The lowest BCUT2D eigenvalue weighted by atomic mass is 10.1. The number of benzene rings is 1. The first-order valence-corrected chi connectivity index (χ1v) is 15.5. The lowest BCUT2D eigenvalue weighted by Crippen LogP contribution is -2.34. The van der Waals surface area contributed by atoms with Gasteiger partial charge in [-0.1, -0.05) is 17.7 Å². The van der Waals surface area contributed by atoms with E-state index in [0.29, 0.717) is 19.4 Å². The van der Waals surface area contributed by atoms with E-state index in [2.05, 4.69) is 50.5 Å². The molecule has 0 fully saturated rings. The Morgan fingerprint density at radius 3 is 1.57 bits per heavy atom. The zero-order valence-electron chi connectivity index (χ0n) is 27.5. The number of alkyl halides is 14. The van der Waals surface area contributed by atoms with Crippen molar-refractivity contribution in [3.05, 3.63) is 69.4 Å². The number of carbonyl (C=O) groups excluding carboxylic acids is 1. The first kappa shape index (κ1) is 43.6. The fraction of sp³-hybridized carbons (Fsp3) is 0.321. The molecule has 0 N–H and O–H groups in total. The third-order valence-electron chi connectivity index (χ3n) is 6.94. The Balaban J connectivity index is 0.000000265. The number of methoxy groups -OCH3 is 1. The Hall–Kier alpha value is -5.08. The number of aromatic nitrogens is 8. The highest BCUT2D eigenvalue weighted by Gasteiger charge is 2.63. The molecule has 0 atom stereocenters.